The molecule has 2 N–H and O–H groups in total. The fraction of sp³-hybridized carbons (Fsp3) is 0.304. The van der Waals surface area contributed by atoms with Gasteiger partial charge in [-0.25, -0.2) is 14.4 Å². The van der Waals surface area contributed by atoms with Crippen molar-refractivity contribution < 1.29 is 42.3 Å². The molecule has 0 saturated heterocycles. The minimum Gasteiger partial charge on any atom is -0.790 e. The molecule has 0 atom stereocenters. The van der Waals surface area contributed by atoms with Gasteiger partial charge < -0.3 is 43.7 Å². The van der Waals surface area contributed by atoms with Crippen LogP contribution in [0, 0.1) is 12.7 Å². The number of carbonyl (C=O) groups is 1. The summed E-state index contributed by atoms with van der Waals surface area (Å²) in [5.41, 5.74) is -0.0701. The lowest BCUT2D eigenvalue weighted by Gasteiger charge is -2.39. The van der Waals surface area contributed by atoms with Crippen LogP contribution in [0.3, 0.4) is 0 Å². The number of pyridine rings is 1. The largest absolute Gasteiger partial charge is 0.790 e. The summed E-state index contributed by atoms with van der Waals surface area (Å²) in [7, 11) is -2.38. The van der Waals surface area contributed by atoms with Crippen molar-refractivity contribution in [3.05, 3.63) is 41.8 Å². The van der Waals surface area contributed by atoms with E-state index in [1.165, 1.54) is 40.2 Å². The number of methoxy groups -OCH3 is 2. The van der Waals surface area contributed by atoms with Gasteiger partial charge in [-0.3, -0.25) is 9.69 Å². The Hall–Kier alpha value is -4.04. The number of carbonyl (C=O) groups excluding carboxylic acids is 1. The number of phosphoric acid groups is 1. The molecule has 14 nitrogen and oxygen atoms in total. The number of nitrogens with zero attached hydrogens (tertiary/aromatic N) is 4. The van der Waals surface area contributed by atoms with Crippen LogP contribution in [0.2, 0.25) is 0 Å². The molecule has 3 aromatic rings. The number of halogens is 1. The predicted octanol–water partition coefficient (Wildman–Crippen LogP) is 2.13. The van der Waals surface area contributed by atoms with Gasteiger partial charge in [0.15, 0.2) is 40.3 Å². The van der Waals surface area contributed by atoms with E-state index in [2.05, 4.69) is 30.1 Å². The number of ether oxygens (including phenoxy) is 3. The highest BCUT2D eigenvalue weighted by molar-refractivity contribution is 7.43. The van der Waals surface area contributed by atoms with Crippen LogP contribution in [-0.4, -0.2) is 47.4 Å². The highest BCUT2D eigenvalue weighted by Crippen LogP contribution is 2.39. The summed E-state index contributed by atoms with van der Waals surface area (Å²) in [4.78, 5) is 48.1. The minimum absolute atomic E-state index is 0.0211. The molecule has 1 aromatic carbocycles. The molecule has 2 aromatic heterocycles. The van der Waals surface area contributed by atoms with E-state index < -0.39 is 31.9 Å². The Morgan fingerprint density at radius 2 is 1.90 bits per heavy atom. The monoisotopic (exact) mass is 562 g/mol. The van der Waals surface area contributed by atoms with E-state index in [9.17, 15) is 23.5 Å². The predicted molar refractivity (Wildman–Crippen MR) is 133 cm³/mol. The molecule has 0 unspecified atom stereocenters. The van der Waals surface area contributed by atoms with Crippen molar-refractivity contribution in [1.82, 2.24) is 15.0 Å². The third kappa shape index (κ3) is 6.17. The number of fused-ring (bicyclic) bond motifs is 1. The summed E-state index contributed by atoms with van der Waals surface area (Å²) in [5.74, 6) is -0.727. The smallest absolute Gasteiger partial charge is 0.273 e. The number of phosphoric ester groups is 1. The Balaban J connectivity index is 1.62. The van der Waals surface area contributed by atoms with Crippen molar-refractivity contribution in [1.29, 1.82) is 0 Å². The Labute approximate surface area is 222 Å². The Kier molecular flexibility index (Phi) is 7.61. The van der Waals surface area contributed by atoms with Gasteiger partial charge in [0.1, 0.15) is 12.5 Å². The lowest BCUT2D eigenvalue weighted by atomic mass is 10.1. The summed E-state index contributed by atoms with van der Waals surface area (Å²) >= 11 is 0. The maximum Gasteiger partial charge on any atom is 0.273 e. The zero-order valence-corrected chi connectivity index (χ0v) is 22.4. The summed E-state index contributed by atoms with van der Waals surface area (Å²) in [6.07, 6.45) is 0.943. The molecule has 39 heavy (non-hydrogen) atoms. The Morgan fingerprint density at radius 3 is 2.56 bits per heavy atom. The second kappa shape index (κ2) is 10.6. The van der Waals surface area contributed by atoms with Crippen LogP contribution in [-0.2, 0) is 13.9 Å². The molecule has 16 heteroatoms. The topological polar surface area (TPSA) is 183 Å². The molecule has 0 saturated carbocycles. The maximum atomic E-state index is 14.6. The van der Waals surface area contributed by atoms with Crippen LogP contribution in [0.4, 0.5) is 33.5 Å². The SMILES string of the molecule is COc1cc(Nc2ncc(F)c(Nc3ccc4c(n3)N(COP(=O)([O-])[O-])C(=O)C(C)(C)O4)n2)cc(C)c1OC. The summed E-state index contributed by atoms with van der Waals surface area (Å²) in [6, 6.07) is 6.30. The maximum absolute atomic E-state index is 14.6. The summed E-state index contributed by atoms with van der Waals surface area (Å²) in [6.45, 7) is 3.82. The van der Waals surface area contributed by atoms with E-state index in [0.717, 1.165) is 16.7 Å². The Bertz CT molecular complexity index is 1470. The highest BCUT2D eigenvalue weighted by atomic mass is 31.2. The highest BCUT2D eigenvalue weighted by Gasteiger charge is 2.42. The molecule has 1 amide bonds. The number of aromatic nitrogens is 3. The molecule has 0 spiro atoms. The van der Waals surface area contributed by atoms with E-state index in [-0.39, 0.29) is 29.2 Å². The fourth-order valence-corrected chi connectivity index (χ4v) is 4.02. The van der Waals surface area contributed by atoms with Crippen molar-refractivity contribution in [3.8, 4) is 17.2 Å². The van der Waals surface area contributed by atoms with Gasteiger partial charge in [-0.15, -0.1) is 0 Å². The van der Waals surface area contributed by atoms with E-state index in [4.69, 9.17) is 14.2 Å². The second-order valence-electron chi connectivity index (χ2n) is 8.74. The third-order valence-electron chi connectivity index (χ3n) is 5.48. The number of aryl methyl sites for hydroxylation is 1. The molecule has 1 aliphatic rings. The van der Waals surface area contributed by atoms with E-state index >= 15 is 0 Å². The number of hydrogen-bond donors (Lipinski definition) is 2. The van der Waals surface area contributed by atoms with Crippen LogP contribution >= 0.6 is 7.82 Å². The fourth-order valence-electron chi connectivity index (χ4n) is 3.76. The number of hydrogen-bond acceptors (Lipinski definition) is 13. The average molecular weight is 562 g/mol. The zero-order chi connectivity index (χ0) is 28.5. The zero-order valence-electron chi connectivity index (χ0n) is 21.5. The van der Waals surface area contributed by atoms with Crippen LogP contribution in [0.25, 0.3) is 0 Å². The quantitative estimate of drug-likeness (QED) is 0.362. The van der Waals surface area contributed by atoms with Crippen LogP contribution < -0.4 is 39.5 Å². The van der Waals surface area contributed by atoms with Crippen molar-refractivity contribution in [3.63, 3.8) is 0 Å². The Morgan fingerprint density at radius 1 is 1.15 bits per heavy atom. The average Bonchev–Trinajstić information content (AvgIpc) is 2.85. The van der Waals surface area contributed by atoms with Crippen LogP contribution in [0.1, 0.15) is 19.4 Å². The lowest BCUT2D eigenvalue weighted by molar-refractivity contribution is -0.341. The minimum atomic E-state index is -5.40. The number of amides is 1. The van der Waals surface area contributed by atoms with Crippen LogP contribution in [0.15, 0.2) is 30.5 Å². The third-order valence-corrected chi connectivity index (χ3v) is 5.91. The van der Waals surface area contributed by atoms with Gasteiger partial charge in [-0.1, -0.05) is 0 Å². The van der Waals surface area contributed by atoms with Gasteiger partial charge >= 0.3 is 0 Å². The van der Waals surface area contributed by atoms with Crippen molar-refractivity contribution in [2.75, 3.05) is 36.5 Å². The number of rotatable bonds is 9. The molecule has 0 radical (unpaired) electrons. The molecular formula is C23H24FN6O8P-2. The van der Waals surface area contributed by atoms with Crippen LogP contribution in [0.5, 0.6) is 17.2 Å². The number of benzene rings is 1. The van der Waals surface area contributed by atoms with Gasteiger partial charge in [0.25, 0.3) is 5.91 Å². The van der Waals surface area contributed by atoms with E-state index in [1.54, 1.807) is 12.1 Å². The van der Waals surface area contributed by atoms with Crippen molar-refractivity contribution in [2.24, 2.45) is 0 Å². The molecule has 3 heterocycles. The first kappa shape index (κ1) is 28.0. The first-order valence-corrected chi connectivity index (χ1v) is 12.7. The second-order valence-corrected chi connectivity index (χ2v) is 9.89. The molecule has 0 bridgehead atoms. The van der Waals surface area contributed by atoms with Gasteiger partial charge in [-0.2, -0.15) is 4.98 Å². The normalized spacial score (nSPS) is 14.4. The van der Waals surface area contributed by atoms with E-state index in [0.29, 0.717) is 17.2 Å². The van der Waals surface area contributed by atoms with Gasteiger partial charge in [0.05, 0.1) is 28.2 Å². The molecule has 208 valence electrons. The standard InChI is InChI=1S/C23H26FN6O8P/c1-12-8-13(9-16(35-4)18(12)36-5)26-22-25-10-14(24)19(29-22)27-17-7-6-15-20(28-17)30(11-37-39(32,33)34)21(31)23(2,3)38-15/h6-10H,11H2,1-5H3,(H2,32,33,34)(H2,25,26,27,28,29)/p-2. The van der Waals surface area contributed by atoms with Gasteiger partial charge in [0.2, 0.25) is 5.95 Å². The molecule has 4 rings (SSSR count). The molecule has 0 fully saturated rings. The molecule has 0 aliphatic carbocycles. The lowest BCUT2D eigenvalue weighted by Crippen LogP contribution is -2.53. The van der Waals surface area contributed by atoms with Gasteiger partial charge in [-0.05, 0) is 44.5 Å². The summed E-state index contributed by atoms with van der Waals surface area (Å²) in [5, 5.41) is 5.66. The van der Waals surface area contributed by atoms with Gasteiger partial charge in [0, 0.05) is 11.8 Å². The number of nitrogens with one attached hydrogen (secondary N) is 2. The van der Waals surface area contributed by atoms with E-state index in [1.807, 2.05) is 6.92 Å². The van der Waals surface area contributed by atoms with Crippen molar-refractivity contribution in [2.45, 2.75) is 26.4 Å². The molecular weight excluding hydrogens is 538 g/mol. The molecule has 1 aliphatic heterocycles. The first-order chi connectivity index (χ1) is 18.3. The first-order valence-electron chi connectivity index (χ1n) is 11.3. The number of anilines is 5. The van der Waals surface area contributed by atoms with Crippen molar-refractivity contribution >= 4 is 42.8 Å². The summed E-state index contributed by atoms with van der Waals surface area (Å²) < 4.78 is 46.3.